The van der Waals surface area contributed by atoms with Crippen LogP contribution in [-0.4, -0.2) is 37.5 Å². The number of fused-ring (bicyclic) bond motifs is 1. The number of rotatable bonds is 3. The Morgan fingerprint density at radius 2 is 2.05 bits per heavy atom. The van der Waals surface area contributed by atoms with Gasteiger partial charge in [0.25, 0.3) is 0 Å². The molecule has 7 nitrogen and oxygen atoms in total. The van der Waals surface area contributed by atoms with E-state index in [1.807, 2.05) is 24.3 Å². The molecule has 0 fully saturated rings. The minimum absolute atomic E-state index is 0.191. The topological polar surface area (TPSA) is 94.1 Å². The monoisotopic (exact) mass is 299 g/mol. The molecule has 1 aromatic heterocycles. The fourth-order valence-electron chi connectivity index (χ4n) is 2.78. The van der Waals surface area contributed by atoms with Crippen molar-refractivity contribution in [2.45, 2.75) is 32.0 Å². The first kappa shape index (κ1) is 14.2. The van der Waals surface area contributed by atoms with E-state index in [9.17, 15) is 9.59 Å². The third-order valence-electron chi connectivity index (χ3n) is 4.05. The lowest BCUT2D eigenvalue weighted by atomic mass is 9.93. The normalized spacial score (nSPS) is 18.6. The van der Waals surface area contributed by atoms with Gasteiger partial charge in [-0.05, 0) is 18.1 Å². The van der Waals surface area contributed by atoms with Gasteiger partial charge < -0.3 is 10.6 Å². The average molecular weight is 299 g/mol. The first-order valence-electron chi connectivity index (χ1n) is 7.08. The molecule has 2 aromatic rings. The zero-order valence-electron chi connectivity index (χ0n) is 12.2. The van der Waals surface area contributed by atoms with Crippen molar-refractivity contribution in [3.05, 3.63) is 48.0 Å². The van der Waals surface area contributed by atoms with Gasteiger partial charge in [0, 0.05) is 13.0 Å². The van der Waals surface area contributed by atoms with E-state index in [-0.39, 0.29) is 5.91 Å². The van der Waals surface area contributed by atoms with Crippen molar-refractivity contribution in [3.63, 3.8) is 0 Å². The zero-order valence-corrected chi connectivity index (χ0v) is 12.2. The van der Waals surface area contributed by atoms with Gasteiger partial charge >= 0.3 is 0 Å². The maximum atomic E-state index is 12.8. The molecule has 0 saturated carbocycles. The number of carbonyl (C=O) groups is 2. The Morgan fingerprint density at radius 3 is 2.68 bits per heavy atom. The summed E-state index contributed by atoms with van der Waals surface area (Å²) in [6.45, 7) is 2.11. The molecular weight excluding hydrogens is 282 g/mol. The van der Waals surface area contributed by atoms with Crippen LogP contribution in [0.15, 0.2) is 36.9 Å². The molecule has 1 aromatic carbocycles. The first-order valence-corrected chi connectivity index (χ1v) is 7.08. The highest BCUT2D eigenvalue weighted by Crippen LogP contribution is 2.25. The highest BCUT2D eigenvalue weighted by molar-refractivity contribution is 5.89. The van der Waals surface area contributed by atoms with Crippen LogP contribution in [0.2, 0.25) is 0 Å². The molecule has 1 aliphatic rings. The molecule has 2 N–H and O–H groups in total. The summed E-state index contributed by atoms with van der Waals surface area (Å²) in [4.78, 5) is 29.9. The fraction of sp³-hybridized carbons (Fsp3) is 0.333. The van der Waals surface area contributed by atoms with Crippen LogP contribution in [0.4, 0.5) is 0 Å². The lowest BCUT2D eigenvalue weighted by Gasteiger charge is -2.36. The van der Waals surface area contributed by atoms with E-state index in [0.29, 0.717) is 13.0 Å². The van der Waals surface area contributed by atoms with Crippen molar-refractivity contribution < 1.29 is 9.59 Å². The highest BCUT2D eigenvalue weighted by atomic mass is 16.2. The van der Waals surface area contributed by atoms with Gasteiger partial charge in [0.1, 0.15) is 24.7 Å². The molecule has 22 heavy (non-hydrogen) atoms. The van der Waals surface area contributed by atoms with Gasteiger partial charge in [-0.3, -0.25) is 9.59 Å². The van der Waals surface area contributed by atoms with Crippen LogP contribution in [0.5, 0.6) is 0 Å². The standard InChI is InChI=1S/C15H17N5O2/c1-10(20-9-17-8-18-20)15(22)19-7-12-5-3-2-4-11(12)6-13(19)14(16)21/h2-5,8-10,13H,6-7H2,1H3,(H2,16,21)/t10?,13-/m0/s1. The van der Waals surface area contributed by atoms with Crippen molar-refractivity contribution >= 4 is 11.8 Å². The molecular formula is C15H17N5O2. The Hall–Kier alpha value is -2.70. The Balaban J connectivity index is 1.90. The number of aromatic nitrogens is 3. The largest absolute Gasteiger partial charge is 0.368 e. The summed E-state index contributed by atoms with van der Waals surface area (Å²) in [7, 11) is 0. The van der Waals surface area contributed by atoms with E-state index in [2.05, 4.69) is 10.1 Å². The van der Waals surface area contributed by atoms with Crippen LogP contribution >= 0.6 is 0 Å². The van der Waals surface area contributed by atoms with Gasteiger partial charge in [-0.2, -0.15) is 5.10 Å². The van der Waals surface area contributed by atoms with Gasteiger partial charge in [0.2, 0.25) is 11.8 Å². The van der Waals surface area contributed by atoms with Gasteiger partial charge in [0.15, 0.2) is 0 Å². The fourth-order valence-corrected chi connectivity index (χ4v) is 2.78. The van der Waals surface area contributed by atoms with E-state index in [1.165, 1.54) is 22.2 Å². The van der Waals surface area contributed by atoms with Crippen LogP contribution in [0.3, 0.4) is 0 Å². The van der Waals surface area contributed by atoms with Crippen LogP contribution < -0.4 is 5.73 Å². The molecule has 0 radical (unpaired) electrons. The van der Waals surface area contributed by atoms with Crippen LogP contribution in [0, 0.1) is 0 Å². The second kappa shape index (κ2) is 5.59. The highest BCUT2D eigenvalue weighted by Gasteiger charge is 2.35. The second-order valence-electron chi connectivity index (χ2n) is 5.41. The summed E-state index contributed by atoms with van der Waals surface area (Å²) in [5, 5.41) is 3.99. The number of primary amides is 1. The summed E-state index contributed by atoms with van der Waals surface area (Å²) in [6, 6.07) is 6.61. The number of amides is 2. The summed E-state index contributed by atoms with van der Waals surface area (Å²) in [5.74, 6) is -0.683. The minimum atomic E-state index is -0.631. The maximum absolute atomic E-state index is 12.8. The molecule has 2 atom stereocenters. The van der Waals surface area contributed by atoms with Crippen LogP contribution in [0.1, 0.15) is 24.1 Å². The van der Waals surface area contributed by atoms with E-state index in [1.54, 1.807) is 6.92 Å². The predicted molar refractivity (Wildman–Crippen MR) is 78.4 cm³/mol. The number of carbonyl (C=O) groups excluding carboxylic acids is 2. The number of hydrogen-bond acceptors (Lipinski definition) is 4. The van der Waals surface area contributed by atoms with Crippen molar-refractivity contribution in [2.24, 2.45) is 5.73 Å². The Labute approximate surface area is 127 Å². The summed E-state index contributed by atoms with van der Waals surface area (Å²) < 4.78 is 1.47. The van der Waals surface area contributed by atoms with Crippen molar-refractivity contribution in [1.82, 2.24) is 19.7 Å². The van der Waals surface area contributed by atoms with Crippen LogP contribution in [0.25, 0.3) is 0 Å². The Bertz CT molecular complexity index is 698. The minimum Gasteiger partial charge on any atom is -0.368 e. The third-order valence-corrected chi connectivity index (χ3v) is 4.05. The van der Waals surface area contributed by atoms with E-state index < -0.39 is 18.0 Å². The maximum Gasteiger partial charge on any atom is 0.248 e. The average Bonchev–Trinajstić information content (AvgIpc) is 3.06. The molecule has 0 saturated heterocycles. The Kier molecular flexibility index (Phi) is 3.62. The number of nitrogens with two attached hydrogens (primary N) is 1. The van der Waals surface area contributed by atoms with Gasteiger partial charge in [0.05, 0.1) is 0 Å². The number of nitrogens with zero attached hydrogens (tertiary/aromatic N) is 4. The predicted octanol–water partition coefficient (Wildman–Crippen LogP) is 0.278. The molecule has 1 unspecified atom stereocenters. The summed E-state index contributed by atoms with van der Waals surface area (Å²) in [6.07, 6.45) is 3.31. The molecule has 0 spiro atoms. The lowest BCUT2D eigenvalue weighted by molar-refractivity contribution is -0.143. The SMILES string of the molecule is CC(C(=O)N1Cc2ccccc2C[C@H]1C(N)=O)n1cncn1. The smallest absolute Gasteiger partial charge is 0.248 e. The quantitative estimate of drug-likeness (QED) is 0.880. The molecule has 1 aliphatic heterocycles. The molecule has 114 valence electrons. The molecule has 0 bridgehead atoms. The summed E-state index contributed by atoms with van der Waals surface area (Å²) >= 11 is 0. The zero-order chi connectivity index (χ0) is 15.7. The van der Waals surface area contributed by atoms with Crippen LogP contribution in [-0.2, 0) is 22.6 Å². The number of hydrogen-bond donors (Lipinski definition) is 1. The Morgan fingerprint density at radius 1 is 1.32 bits per heavy atom. The second-order valence-corrected chi connectivity index (χ2v) is 5.41. The number of benzene rings is 1. The van der Waals surface area contributed by atoms with Crippen molar-refractivity contribution in [1.29, 1.82) is 0 Å². The van der Waals surface area contributed by atoms with Crippen molar-refractivity contribution in [3.8, 4) is 0 Å². The van der Waals surface area contributed by atoms with Crippen molar-refractivity contribution in [2.75, 3.05) is 0 Å². The van der Waals surface area contributed by atoms with Gasteiger partial charge in [-0.15, -0.1) is 0 Å². The van der Waals surface area contributed by atoms with Gasteiger partial charge in [-0.25, -0.2) is 9.67 Å². The summed E-state index contributed by atoms with van der Waals surface area (Å²) in [5.41, 5.74) is 7.60. The lowest BCUT2D eigenvalue weighted by Crippen LogP contribution is -2.52. The van der Waals surface area contributed by atoms with E-state index in [4.69, 9.17) is 5.73 Å². The molecule has 3 rings (SSSR count). The van der Waals surface area contributed by atoms with E-state index >= 15 is 0 Å². The molecule has 2 heterocycles. The van der Waals surface area contributed by atoms with Gasteiger partial charge in [-0.1, -0.05) is 24.3 Å². The third kappa shape index (κ3) is 2.45. The first-order chi connectivity index (χ1) is 10.6. The molecule has 0 aliphatic carbocycles. The molecule has 2 amide bonds. The molecule has 7 heteroatoms. The van der Waals surface area contributed by atoms with E-state index in [0.717, 1.165) is 11.1 Å².